The molecule has 0 fully saturated rings. The first-order chi connectivity index (χ1) is 18.9. The topological polar surface area (TPSA) is 63.4 Å². The van der Waals surface area contributed by atoms with Crippen LogP contribution in [0.1, 0.15) is 50.6 Å². The number of allylic oxidation sites excluding steroid dienone is 3. The Kier molecular flexibility index (Phi) is 15.9. The second-order valence-corrected chi connectivity index (χ2v) is 10.7. The number of nitrogens with one attached hydrogen (secondary N) is 1. The zero-order chi connectivity index (χ0) is 28.3. The Balaban J connectivity index is 0.00000124. The lowest BCUT2D eigenvalue weighted by molar-refractivity contribution is 0.233. The lowest BCUT2D eigenvalue weighted by Crippen LogP contribution is -2.39. The molecule has 39 heavy (non-hydrogen) atoms. The molecule has 0 spiro atoms. The van der Waals surface area contributed by atoms with Gasteiger partial charge < -0.3 is 19.4 Å². The molecule has 0 radical (unpaired) electrons. The molecule has 0 amide bonds. The number of nitrogens with zero attached hydrogens (tertiary/aromatic N) is 3. The van der Waals surface area contributed by atoms with E-state index in [1.54, 1.807) is 11.8 Å². The molecule has 0 aliphatic heterocycles. The number of aromatic nitrogens is 2. The van der Waals surface area contributed by atoms with Crippen LogP contribution in [0.3, 0.4) is 0 Å². The second-order valence-electron chi connectivity index (χ2n) is 9.55. The zero-order valence-electron chi connectivity index (χ0n) is 24.4. The second kappa shape index (κ2) is 19.2. The van der Waals surface area contributed by atoms with Gasteiger partial charge in [-0.1, -0.05) is 62.4 Å². The van der Waals surface area contributed by atoms with Crippen LogP contribution in [0.5, 0.6) is 0 Å². The van der Waals surface area contributed by atoms with Crippen molar-refractivity contribution in [2.45, 2.75) is 58.4 Å². The summed E-state index contributed by atoms with van der Waals surface area (Å²) in [4.78, 5) is 2.23. The van der Waals surface area contributed by atoms with E-state index in [0.29, 0.717) is 30.2 Å². The summed E-state index contributed by atoms with van der Waals surface area (Å²) in [5.41, 5.74) is 3.52. The van der Waals surface area contributed by atoms with Crippen LogP contribution in [-0.2, 0) is 23.5 Å². The van der Waals surface area contributed by atoms with Crippen LogP contribution in [0.15, 0.2) is 83.5 Å². The largest absolute Gasteiger partial charge is 0.498 e. The SMILES string of the molecule is C=CCC.CC/C=C(\C)OCCSCc1nnc(-c2ccc(CNC(Cc3ccccc3)CN(C)C)cc2)o1. The Hall–Kier alpha value is -2.87. The number of ether oxygens (including phenoxy) is 1. The molecule has 7 heteroatoms. The maximum absolute atomic E-state index is 5.87. The average molecular weight is 551 g/mol. The summed E-state index contributed by atoms with van der Waals surface area (Å²) in [6.45, 7) is 12.1. The van der Waals surface area contributed by atoms with Crippen molar-refractivity contribution in [3.63, 3.8) is 0 Å². The van der Waals surface area contributed by atoms with E-state index in [4.69, 9.17) is 9.15 Å². The number of thioether (sulfide) groups is 1. The van der Waals surface area contributed by atoms with Crippen LogP contribution < -0.4 is 5.32 Å². The minimum Gasteiger partial charge on any atom is -0.498 e. The molecule has 1 unspecified atom stereocenters. The first kappa shape index (κ1) is 32.3. The molecule has 3 rings (SSSR count). The van der Waals surface area contributed by atoms with Crippen molar-refractivity contribution in [1.82, 2.24) is 20.4 Å². The van der Waals surface area contributed by atoms with Crippen LogP contribution in [-0.4, -0.2) is 54.1 Å². The van der Waals surface area contributed by atoms with Gasteiger partial charge in [-0.2, -0.15) is 0 Å². The predicted octanol–water partition coefficient (Wildman–Crippen LogP) is 7.15. The van der Waals surface area contributed by atoms with Gasteiger partial charge in [0.2, 0.25) is 11.8 Å². The number of rotatable bonds is 16. The number of hydrogen-bond acceptors (Lipinski definition) is 7. The summed E-state index contributed by atoms with van der Waals surface area (Å²) < 4.78 is 11.5. The Bertz CT molecular complexity index is 1080. The van der Waals surface area contributed by atoms with Gasteiger partial charge >= 0.3 is 0 Å². The Morgan fingerprint density at radius 3 is 2.41 bits per heavy atom. The fourth-order valence-corrected chi connectivity index (χ4v) is 4.40. The van der Waals surface area contributed by atoms with Gasteiger partial charge in [0.1, 0.15) is 0 Å². The fourth-order valence-electron chi connectivity index (χ4n) is 3.76. The average Bonchev–Trinajstić information content (AvgIpc) is 3.41. The van der Waals surface area contributed by atoms with E-state index in [-0.39, 0.29) is 0 Å². The van der Waals surface area contributed by atoms with Crippen molar-refractivity contribution < 1.29 is 9.15 Å². The third-order valence-electron chi connectivity index (χ3n) is 5.74. The molecule has 1 N–H and O–H groups in total. The molecule has 0 saturated heterocycles. The highest BCUT2D eigenvalue weighted by atomic mass is 32.2. The highest BCUT2D eigenvalue weighted by molar-refractivity contribution is 7.98. The third-order valence-corrected chi connectivity index (χ3v) is 6.64. The minimum absolute atomic E-state index is 0.375. The van der Waals surface area contributed by atoms with Crippen LogP contribution in [0, 0.1) is 0 Å². The van der Waals surface area contributed by atoms with E-state index < -0.39 is 0 Å². The number of likely N-dealkylation sites (N-methyl/N-ethyl adjacent to an activating group) is 1. The van der Waals surface area contributed by atoms with Gasteiger partial charge in [0.25, 0.3) is 0 Å². The standard InChI is InChI=1S/C28H38N4O2S.C4H8/c1-5-9-22(2)33-16-17-35-21-27-30-31-28(34-27)25-14-12-24(13-15-25)19-29-26(20-32(3)4)18-23-10-7-6-8-11-23;1-3-4-2/h6-15,26,29H,5,16-21H2,1-4H3;3H,1,4H2,2H3/b22-9+;. The maximum atomic E-state index is 5.87. The molecular weight excluding hydrogens is 504 g/mol. The summed E-state index contributed by atoms with van der Waals surface area (Å²) in [6, 6.07) is 19.4. The van der Waals surface area contributed by atoms with Crippen molar-refractivity contribution >= 4 is 11.8 Å². The molecule has 0 saturated carbocycles. The van der Waals surface area contributed by atoms with Crippen LogP contribution in [0.2, 0.25) is 0 Å². The molecule has 1 aromatic heterocycles. The first-order valence-corrected chi connectivity index (χ1v) is 14.9. The van der Waals surface area contributed by atoms with E-state index in [2.05, 4.69) is 116 Å². The summed E-state index contributed by atoms with van der Waals surface area (Å²) in [6.07, 6.45) is 7.04. The fraction of sp³-hybridized carbons (Fsp3) is 0.438. The van der Waals surface area contributed by atoms with Gasteiger partial charge in [0.05, 0.1) is 18.1 Å². The van der Waals surface area contributed by atoms with Gasteiger partial charge in [-0.25, -0.2) is 0 Å². The summed E-state index contributed by atoms with van der Waals surface area (Å²) in [5, 5.41) is 12.1. The maximum Gasteiger partial charge on any atom is 0.247 e. The highest BCUT2D eigenvalue weighted by Gasteiger charge is 2.12. The van der Waals surface area contributed by atoms with Crippen molar-refractivity contribution in [3.8, 4) is 11.5 Å². The quantitative estimate of drug-likeness (QED) is 0.115. The molecule has 6 nitrogen and oxygen atoms in total. The lowest BCUT2D eigenvalue weighted by atomic mass is 10.0. The van der Waals surface area contributed by atoms with Gasteiger partial charge in [0.15, 0.2) is 0 Å². The van der Waals surface area contributed by atoms with E-state index in [9.17, 15) is 0 Å². The molecule has 212 valence electrons. The van der Waals surface area contributed by atoms with E-state index in [0.717, 1.165) is 49.4 Å². The van der Waals surface area contributed by atoms with Gasteiger partial charge in [-0.3, -0.25) is 0 Å². The molecule has 1 atom stereocenters. The number of hydrogen-bond donors (Lipinski definition) is 1. The predicted molar refractivity (Wildman–Crippen MR) is 166 cm³/mol. The summed E-state index contributed by atoms with van der Waals surface area (Å²) in [5.74, 6) is 3.75. The Morgan fingerprint density at radius 2 is 1.77 bits per heavy atom. The molecule has 0 aliphatic rings. The minimum atomic E-state index is 0.375. The monoisotopic (exact) mass is 550 g/mol. The molecule has 3 aromatic rings. The summed E-state index contributed by atoms with van der Waals surface area (Å²) >= 11 is 1.73. The smallest absolute Gasteiger partial charge is 0.247 e. The van der Waals surface area contributed by atoms with Gasteiger partial charge in [-0.15, -0.1) is 28.5 Å². The molecule has 0 aliphatic carbocycles. The highest BCUT2D eigenvalue weighted by Crippen LogP contribution is 2.21. The van der Waals surface area contributed by atoms with Gasteiger partial charge in [-0.05, 0) is 69.6 Å². The molecular formula is C32H46N4O2S. The van der Waals surface area contributed by atoms with Crippen LogP contribution >= 0.6 is 11.8 Å². The Labute approximate surface area is 239 Å². The normalized spacial score (nSPS) is 12.1. The van der Waals surface area contributed by atoms with Crippen LogP contribution in [0.25, 0.3) is 11.5 Å². The number of benzene rings is 2. The van der Waals surface area contributed by atoms with E-state index in [1.165, 1.54) is 11.1 Å². The van der Waals surface area contributed by atoms with Crippen molar-refractivity contribution in [3.05, 3.63) is 96.1 Å². The van der Waals surface area contributed by atoms with Crippen molar-refractivity contribution in [2.24, 2.45) is 0 Å². The van der Waals surface area contributed by atoms with Crippen molar-refractivity contribution in [2.75, 3.05) is 33.0 Å². The first-order valence-electron chi connectivity index (χ1n) is 13.8. The molecule has 1 heterocycles. The summed E-state index contributed by atoms with van der Waals surface area (Å²) in [7, 11) is 4.23. The Morgan fingerprint density at radius 1 is 1.05 bits per heavy atom. The van der Waals surface area contributed by atoms with E-state index in [1.807, 2.05) is 13.0 Å². The van der Waals surface area contributed by atoms with Crippen LogP contribution in [0.4, 0.5) is 0 Å². The van der Waals surface area contributed by atoms with E-state index >= 15 is 0 Å². The molecule has 0 bridgehead atoms. The molecule has 2 aromatic carbocycles. The zero-order valence-corrected chi connectivity index (χ0v) is 25.2. The third kappa shape index (κ3) is 13.7. The lowest BCUT2D eigenvalue weighted by Gasteiger charge is -2.23. The van der Waals surface area contributed by atoms with Crippen molar-refractivity contribution in [1.29, 1.82) is 0 Å². The van der Waals surface area contributed by atoms with Gasteiger partial charge in [0, 0.05) is 30.4 Å².